The predicted octanol–water partition coefficient (Wildman–Crippen LogP) is 3.13. The number of carbonyl (C=O) groups excluding carboxylic acids is 1. The van der Waals surface area contributed by atoms with Gasteiger partial charge in [0.05, 0.1) is 0 Å². The van der Waals surface area contributed by atoms with Gasteiger partial charge in [0.2, 0.25) is 0 Å². The predicted molar refractivity (Wildman–Crippen MR) is 72.9 cm³/mol. The molecule has 1 aliphatic heterocycles. The van der Waals surface area contributed by atoms with E-state index in [1.807, 2.05) is 33.8 Å². The van der Waals surface area contributed by atoms with Gasteiger partial charge in [-0.05, 0) is 29.8 Å². The van der Waals surface area contributed by atoms with Crippen molar-refractivity contribution in [3.8, 4) is 0 Å². The summed E-state index contributed by atoms with van der Waals surface area (Å²) in [6.07, 6.45) is 3.52. The van der Waals surface area contributed by atoms with Crippen LogP contribution in [0.15, 0.2) is 27.2 Å². The Morgan fingerprint density at radius 3 is 2.44 bits per heavy atom. The summed E-state index contributed by atoms with van der Waals surface area (Å²) in [5.41, 5.74) is 0.967. The number of allylic oxidation sites excluding steroid dienone is 1. The minimum Gasteiger partial charge on any atom is -0.293 e. The fourth-order valence-corrected chi connectivity index (χ4v) is 2.04. The van der Waals surface area contributed by atoms with E-state index in [-0.39, 0.29) is 5.91 Å². The third-order valence-corrected chi connectivity index (χ3v) is 2.74. The molecule has 0 spiro atoms. The molecule has 0 saturated carbocycles. The summed E-state index contributed by atoms with van der Waals surface area (Å²) < 4.78 is 0.801. The summed E-state index contributed by atoms with van der Waals surface area (Å²) in [4.78, 5) is 17.4. The maximum Gasteiger partial charge on any atom is 0.253 e. The number of likely N-dealkylation sites (N-methyl/N-ethyl adjacent to an activating group) is 1. The fourth-order valence-electron chi connectivity index (χ4n) is 1.43. The van der Waals surface area contributed by atoms with Crippen LogP contribution < -0.4 is 0 Å². The van der Waals surface area contributed by atoms with Gasteiger partial charge in [0.25, 0.3) is 5.91 Å². The molecule has 16 heavy (non-hydrogen) atoms. The van der Waals surface area contributed by atoms with E-state index in [2.05, 4.69) is 20.9 Å². The number of carbonyl (C=O) groups is 1. The molecule has 90 valence electrons. The lowest BCUT2D eigenvalue weighted by molar-refractivity contribution is -0.122. The summed E-state index contributed by atoms with van der Waals surface area (Å²) >= 11 is 3.36. The summed E-state index contributed by atoms with van der Waals surface area (Å²) in [7, 11) is 1.69. The Morgan fingerprint density at radius 1 is 1.50 bits per heavy atom. The average molecular weight is 287 g/mol. The van der Waals surface area contributed by atoms with Crippen molar-refractivity contribution in [3.05, 3.63) is 22.2 Å². The highest BCUT2D eigenvalue weighted by Gasteiger charge is 2.25. The van der Waals surface area contributed by atoms with Crippen molar-refractivity contribution in [1.29, 1.82) is 0 Å². The van der Waals surface area contributed by atoms with Crippen LogP contribution in [-0.2, 0) is 4.79 Å². The molecule has 0 aliphatic carbocycles. The lowest BCUT2D eigenvalue weighted by Gasteiger charge is -2.27. The zero-order valence-corrected chi connectivity index (χ0v) is 12.1. The van der Waals surface area contributed by atoms with Gasteiger partial charge in [-0.15, -0.1) is 0 Å². The van der Waals surface area contributed by atoms with Crippen molar-refractivity contribution in [1.82, 2.24) is 4.90 Å². The number of nitrogens with zero attached hydrogens (tertiary/aromatic N) is 2. The smallest absolute Gasteiger partial charge is 0.253 e. The van der Waals surface area contributed by atoms with Gasteiger partial charge in [0, 0.05) is 29.7 Å². The second-order valence-corrected chi connectivity index (χ2v) is 3.68. The maximum absolute atomic E-state index is 11.6. The lowest BCUT2D eigenvalue weighted by atomic mass is 10.1. The second kappa shape index (κ2) is 7.39. The number of amidine groups is 1. The number of rotatable bonds is 1. The standard InChI is InChI=1S/C10H13BrN2O.C2H6/c1-4-7-8(11)6-9(14)13(5-2)10(7)12-3;1-2/h4,6H,5H2,1-3H3;1-2H3/b7-4-,12-10?;. The first kappa shape index (κ1) is 15.1. The summed E-state index contributed by atoms with van der Waals surface area (Å²) in [6, 6.07) is 0. The zero-order chi connectivity index (χ0) is 12.7. The van der Waals surface area contributed by atoms with Crippen molar-refractivity contribution in [2.24, 2.45) is 4.99 Å². The van der Waals surface area contributed by atoms with Crippen LogP contribution in [0.1, 0.15) is 27.7 Å². The van der Waals surface area contributed by atoms with E-state index in [0.29, 0.717) is 6.54 Å². The van der Waals surface area contributed by atoms with Crippen molar-refractivity contribution in [2.45, 2.75) is 27.7 Å². The average Bonchev–Trinajstić information content (AvgIpc) is 2.30. The maximum atomic E-state index is 11.6. The van der Waals surface area contributed by atoms with Crippen LogP contribution in [-0.4, -0.2) is 30.2 Å². The van der Waals surface area contributed by atoms with E-state index in [0.717, 1.165) is 15.9 Å². The minimum absolute atomic E-state index is 0.0226. The third kappa shape index (κ3) is 3.04. The Bertz CT molecular complexity index is 343. The van der Waals surface area contributed by atoms with E-state index in [1.165, 1.54) is 0 Å². The van der Waals surface area contributed by atoms with E-state index in [4.69, 9.17) is 0 Å². The SMILES string of the molecule is C/C=C1/C(Br)=CC(=O)N(CC)C1=NC.CC. The van der Waals surface area contributed by atoms with Gasteiger partial charge >= 0.3 is 0 Å². The minimum atomic E-state index is -0.0226. The van der Waals surface area contributed by atoms with Gasteiger partial charge in [-0.2, -0.15) is 0 Å². The molecule has 0 aromatic rings. The summed E-state index contributed by atoms with van der Waals surface area (Å²) in [5.74, 6) is 0.708. The molecular formula is C12H19BrN2O. The summed E-state index contributed by atoms with van der Waals surface area (Å²) in [5, 5.41) is 0. The molecule has 1 aliphatic rings. The first-order chi connectivity index (χ1) is 7.65. The molecule has 0 atom stereocenters. The van der Waals surface area contributed by atoms with Crippen molar-refractivity contribution in [3.63, 3.8) is 0 Å². The summed E-state index contributed by atoms with van der Waals surface area (Å²) in [6.45, 7) is 8.50. The quantitative estimate of drug-likeness (QED) is 0.729. The van der Waals surface area contributed by atoms with Crippen LogP contribution in [0.4, 0.5) is 0 Å². The highest BCUT2D eigenvalue weighted by molar-refractivity contribution is 9.12. The Labute approximate surface area is 106 Å². The molecule has 0 aromatic heterocycles. The van der Waals surface area contributed by atoms with E-state index in [9.17, 15) is 4.79 Å². The molecule has 1 amide bonds. The number of amides is 1. The monoisotopic (exact) mass is 286 g/mol. The Kier molecular flexibility index (Phi) is 6.97. The Morgan fingerprint density at radius 2 is 2.06 bits per heavy atom. The van der Waals surface area contributed by atoms with Crippen LogP contribution in [0.5, 0.6) is 0 Å². The molecule has 0 bridgehead atoms. The van der Waals surface area contributed by atoms with Gasteiger partial charge < -0.3 is 0 Å². The van der Waals surface area contributed by atoms with E-state index >= 15 is 0 Å². The third-order valence-electron chi connectivity index (χ3n) is 2.09. The molecular weight excluding hydrogens is 268 g/mol. The fraction of sp³-hybridized carbons (Fsp3) is 0.500. The van der Waals surface area contributed by atoms with Crippen LogP contribution >= 0.6 is 15.9 Å². The lowest BCUT2D eigenvalue weighted by Crippen LogP contribution is -2.39. The van der Waals surface area contributed by atoms with Crippen molar-refractivity contribution in [2.75, 3.05) is 13.6 Å². The molecule has 0 unspecified atom stereocenters. The first-order valence-electron chi connectivity index (χ1n) is 5.48. The molecule has 0 N–H and O–H groups in total. The molecule has 0 radical (unpaired) electrons. The zero-order valence-electron chi connectivity index (χ0n) is 10.5. The van der Waals surface area contributed by atoms with Crippen LogP contribution in [0, 0.1) is 0 Å². The number of hydrogen-bond acceptors (Lipinski definition) is 2. The second-order valence-electron chi connectivity index (χ2n) is 2.82. The van der Waals surface area contributed by atoms with Crippen molar-refractivity contribution >= 4 is 27.7 Å². The van der Waals surface area contributed by atoms with E-state index in [1.54, 1.807) is 18.0 Å². The van der Waals surface area contributed by atoms with Gasteiger partial charge in [-0.3, -0.25) is 14.7 Å². The first-order valence-corrected chi connectivity index (χ1v) is 6.27. The van der Waals surface area contributed by atoms with Crippen LogP contribution in [0.3, 0.4) is 0 Å². The largest absolute Gasteiger partial charge is 0.293 e. The normalized spacial score (nSPS) is 20.8. The molecule has 0 saturated heterocycles. The number of hydrogen-bond donors (Lipinski definition) is 0. The molecule has 0 aromatic carbocycles. The highest BCUT2D eigenvalue weighted by Crippen LogP contribution is 2.25. The van der Waals surface area contributed by atoms with Crippen LogP contribution in [0.2, 0.25) is 0 Å². The van der Waals surface area contributed by atoms with Gasteiger partial charge in [-0.1, -0.05) is 19.9 Å². The molecule has 3 nitrogen and oxygen atoms in total. The van der Waals surface area contributed by atoms with Crippen molar-refractivity contribution < 1.29 is 4.79 Å². The molecule has 0 fully saturated rings. The Balaban J connectivity index is 0.00000106. The van der Waals surface area contributed by atoms with Gasteiger partial charge in [-0.25, -0.2) is 0 Å². The van der Waals surface area contributed by atoms with E-state index < -0.39 is 0 Å². The number of halogens is 1. The molecule has 1 rings (SSSR count). The van der Waals surface area contributed by atoms with Crippen LogP contribution in [0.25, 0.3) is 0 Å². The highest BCUT2D eigenvalue weighted by atomic mass is 79.9. The van der Waals surface area contributed by atoms with Gasteiger partial charge in [0.1, 0.15) is 5.84 Å². The molecule has 4 heteroatoms. The Hall–Kier alpha value is -0.900. The van der Waals surface area contributed by atoms with Gasteiger partial charge in [0.15, 0.2) is 0 Å². The number of aliphatic imine (C=N–C) groups is 1. The topological polar surface area (TPSA) is 32.7 Å². The molecule has 1 heterocycles.